The lowest BCUT2D eigenvalue weighted by atomic mass is 10.1. The molecule has 1 amide bonds. The van der Waals surface area contributed by atoms with Crippen molar-refractivity contribution >= 4 is 22.5 Å². The fraction of sp³-hybridized carbons (Fsp3) is 0.200. The Hall–Kier alpha value is -3.29. The van der Waals surface area contributed by atoms with E-state index < -0.39 is 17.6 Å². The summed E-state index contributed by atoms with van der Waals surface area (Å²) in [6, 6.07) is 11.2. The van der Waals surface area contributed by atoms with E-state index in [0.29, 0.717) is 22.4 Å². The van der Waals surface area contributed by atoms with E-state index in [9.17, 15) is 18.0 Å². The summed E-state index contributed by atoms with van der Waals surface area (Å²) in [5.74, 6) is 0.589. The minimum absolute atomic E-state index is 0.249. The molecule has 28 heavy (non-hydrogen) atoms. The number of hydrogen-bond donors (Lipinski definition) is 1. The monoisotopic (exact) mass is 390 g/mol. The molecule has 0 saturated carbocycles. The van der Waals surface area contributed by atoms with Gasteiger partial charge in [0.2, 0.25) is 0 Å². The lowest BCUT2D eigenvalue weighted by Crippen LogP contribution is -2.20. The van der Waals surface area contributed by atoms with Crippen LogP contribution in [-0.2, 0) is 11.0 Å². The van der Waals surface area contributed by atoms with Crippen LogP contribution in [0.3, 0.4) is 0 Å². The van der Waals surface area contributed by atoms with Crippen molar-refractivity contribution in [2.45, 2.75) is 13.1 Å². The Bertz CT molecular complexity index is 1000. The summed E-state index contributed by atoms with van der Waals surface area (Å²) in [7, 11) is 1.54. The summed E-state index contributed by atoms with van der Waals surface area (Å²) >= 11 is 0. The minimum atomic E-state index is -4.42. The highest BCUT2D eigenvalue weighted by Crippen LogP contribution is 2.30. The Balaban J connectivity index is 1.70. The normalized spacial score (nSPS) is 11.3. The van der Waals surface area contributed by atoms with E-state index in [2.05, 4.69) is 10.3 Å². The number of carbonyl (C=O) groups excluding carboxylic acids is 1. The van der Waals surface area contributed by atoms with Gasteiger partial charge in [0.05, 0.1) is 18.2 Å². The molecule has 146 valence electrons. The molecule has 2 aromatic carbocycles. The maximum atomic E-state index is 12.6. The number of carbonyl (C=O) groups is 1. The number of aromatic nitrogens is 1. The summed E-state index contributed by atoms with van der Waals surface area (Å²) in [5.41, 5.74) is 0.878. The largest absolute Gasteiger partial charge is 0.497 e. The molecule has 0 aliphatic heterocycles. The van der Waals surface area contributed by atoms with Crippen LogP contribution in [0.15, 0.2) is 48.5 Å². The zero-order chi connectivity index (χ0) is 20.3. The van der Waals surface area contributed by atoms with Crippen molar-refractivity contribution in [2.75, 3.05) is 19.0 Å². The first-order chi connectivity index (χ1) is 13.3. The molecule has 0 aliphatic rings. The molecular weight excluding hydrogens is 373 g/mol. The van der Waals surface area contributed by atoms with Crippen molar-refractivity contribution in [3.63, 3.8) is 0 Å². The zero-order valence-electron chi connectivity index (χ0n) is 15.1. The Kier molecular flexibility index (Phi) is 5.39. The number of pyridine rings is 1. The molecule has 0 saturated heterocycles. The van der Waals surface area contributed by atoms with E-state index in [1.165, 1.54) is 12.1 Å². The van der Waals surface area contributed by atoms with Gasteiger partial charge in [-0.25, -0.2) is 0 Å². The predicted octanol–water partition coefficient (Wildman–Crippen LogP) is 4.59. The van der Waals surface area contributed by atoms with Crippen molar-refractivity contribution in [3.8, 4) is 11.5 Å². The van der Waals surface area contributed by atoms with Crippen LogP contribution in [0.4, 0.5) is 18.9 Å². The number of nitrogens with one attached hydrogen (secondary N) is 1. The summed E-state index contributed by atoms with van der Waals surface area (Å²) < 4.78 is 48.6. The first-order valence-corrected chi connectivity index (χ1v) is 8.31. The number of alkyl halides is 3. The van der Waals surface area contributed by atoms with Crippen LogP contribution in [0.5, 0.6) is 11.5 Å². The van der Waals surface area contributed by atoms with E-state index in [1.807, 2.05) is 0 Å². The first-order valence-electron chi connectivity index (χ1n) is 8.31. The van der Waals surface area contributed by atoms with Gasteiger partial charge in [0.1, 0.15) is 11.5 Å². The van der Waals surface area contributed by atoms with Crippen molar-refractivity contribution in [2.24, 2.45) is 0 Å². The third-order valence-electron chi connectivity index (χ3n) is 3.96. The molecule has 0 bridgehead atoms. The molecular formula is C20H17F3N2O3. The fourth-order valence-corrected chi connectivity index (χ4v) is 2.63. The number of benzene rings is 2. The number of hydrogen-bond acceptors (Lipinski definition) is 4. The van der Waals surface area contributed by atoms with Crippen LogP contribution < -0.4 is 14.8 Å². The van der Waals surface area contributed by atoms with Crippen molar-refractivity contribution in [3.05, 3.63) is 59.8 Å². The van der Waals surface area contributed by atoms with E-state index in [0.717, 1.165) is 17.8 Å². The Morgan fingerprint density at radius 1 is 1.11 bits per heavy atom. The van der Waals surface area contributed by atoms with Gasteiger partial charge in [-0.2, -0.15) is 13.2 Å². The Labute approximate surface area is 159 Å². The molecule has 0 unspecified atom stereocenters. The minimum Gasteiger partial charge on any atom is -0.497 e. The number of amides is 1. The molecule has 5 nitrogen and oxygen atoms in total. The van der Waals surface area contributed by atoms with Crippen molar-refractivity contribution < 1.29 is 27.4 Å². The van der Waals surface area contributed by atoms with E-state index >= 15 is 0 Å². The molecule has 1 aromatic heterocycles. The maximum absolute atomic E-state index is 12.6. The van der Waals surface area contributed by atoms with Crippen LogP contribution in [0.2, 0.25) is 0 Å². The van der Waals surface area contributed by atoms with Gasteiger partial charge in [-0.05, 0) is 49.4 Å². The molecule has 1 N–H and O–H groups in total. The van der Waals surface area contributed by atoms with Gasteiger partial charge in [-0.3, -0.25) is 9.78 Å². The number of anilines is 1. The lowest BCUT2D eigenvalue weighted by Gasteiger charge is -2.12. The third kappa shape index (κ3) is 4.51. The second-order valence-electron chi connectivity index (χ2n) is 6.06. The number of methoxy groups -OCH3 is 1. The second kappa shape index (κ2) is 7.75. The van der Waals surface area contributed by atoms with E-state index in [1.54, 1.807) is 38.3 Å². The average molecular weight is 390 g/mol. The van der Waals surface area contributed by atoms with Crippen LogP contribution in [0, 0.1) is 6.92 Å². The maximum Gasteiger partial charge on any atom is 0.416 e. The quantitative estimate of drug-likeness (QED) is 0.692. The number of aryl methyl sites for hydroxylation is 1. The molecule has 0 fully saturated rings. The highest BCUT2D eigenvalue weighted by atomic mass is 19.4. The fourth-order valence-electron chi connectivity index (χ4n) is 2.63. The molecule has 3 aromatic rings. The highest BCUT2D eigenvalue weighted by Gasteiger charge is 2.30. The smallest absolute Gasteiger partial charge is 0.416 e. The average Bonchev–Trinajstić information content (AvgIpc) is 2.65. The molecule has 0 spiro atoms. The van der Waals surface area contributed by atoms with Gasteiger partial charge in [0.25, 0.3) is 5.91 Å². The topological polar surface area (TPSA) is 60.5 Å². The van der Waals surface area contributed by atoms with Crippen LogP contribution in [0.25, 0.3) is 10.9 Å². The first kappa shape index (κ1) is 19.5. The van der Waals surface area contributed by atoms with Gasteiger partial charge >= 0.3 is 6.18 Å². The molecule has 8 heteroatoms. The molecule has 0 atom stereocenters. The Morgan fingerprint density at radius 3 is 2.46 bits per heavy atom. The van der Waals surface area contributed by atoms with Crippen molar-refractivity contribution in [1.29, 1.82) is 0 Å². The zero-order valence-corrected chi connectivity index (χ0v) is 15.1. The van der Waals surface area contributed by atoms with Gasteiger partial charge in [0.15, 0.2) is 6.61 Å². The lowest BCUT2D eigenvalue weighted by molar-refractivity contribution is -0.137. The van der Waals surface area contributed by atoms with E-state index in [4.69, 9.17) is 9.47 Å². The number of rotatable bonds is 5. The SMILES string of the molecule is COc1ccc2nc(C)cc(OCC(=O)Nc3ccc(C(F)(F)F)cc3)c2c1. The number of nitrogens with zero attached hydrogens (tertiary/aromatic N) is 1. The molecule has 0 aliphatic carbocycles. The third-order valence-corrected chi connectivity index (χ3v) is 3.96. The molecule has 0 radical (unpaired) electrons. The Morgan fingerprint density at radius 2 is 1.82 bits per heavy atom. The van der Waals surface area contributed by atoms with Crippen LogP contribution in [-0.4, -0.2) is 24.6 Å². The van der Waals surface area contributed by atoms with Gasteiger partial charge < -0.3 is 14.8 Å². The molecule has 3 rings (SSSR count). The van der Waals surface area contributed by atoms with Crippen molar-refractivity contribution in [1.82, 2.24) is 4.98 Å². The predicted molar refractivity (Wildman–Crippen MR) is 98.6 cm³/mol. The van der Waals surface area contributed by atoms with Gasteiger partial charge in [0, 0.05) is 22.8 Å². The van der Waals surface area contributed by atoms with E-state index in [-0.39, 0.29) is 12.3 Å². The second-order valence-corrected chi connectivity index (χ2v) is 6.06. The summed E-state index contributed by atoms with van der Waals surface area (Å²) in [6.07, 6.45) is -4.42. The van der Waals surface area contributed by atoms with Crippen LogP contribution >= 0.6 is 0 Å². The summed E-state index contributed by atoms with van der Waals surface area (Å²) in [5, 5.41) is 3.19. The standard InChI is InChI=1S/C20H17F3N2O3/c1-12-9-18(16-10-15(27-2)7-8-17(16)24-12)28-11-19(26)25-14-5-3-13(4-6-14)20(21,22)23/h3-10H,11H2,1-2H3,(H,25,26). The molecule has 1 heterocycles. The van der Waals surface area contributed by atoms with Gasteiger partial charge in [-0.15, -0.1) is 0 Å². The summed E-state index contributed by atoms with van der Waals surface area (Å²) in [6.45, 7) is 1.50. The number of fused-ring (bicyclic) bond motifs is 1. The number of ether oxygens (including phenoxy) is 2. The highest BCUT2D eigenvalue weighted by molar-refractivity contribution is 5.92. The van der Waals surface area contributed by atoms with Gasteiger partial charge in [-0.1, -0.05) is 0 Å². The summed E-state index contributed by atoms with van der Waals surface area (Å²) in [4.78, 5) is 16.5. The van der Waals surface area contributed by atoms with Crippen LogP contribution in [0.1, 0.15) is 11.3 Å². The number of halogens is 3.